The van der Waals surface area contributed by atoms with Gasteiger partial charge in [0.15, 0.2) is 0 Å². The summed E-state index contributed by atoms with van der Waals surface area (Å²) in [6.07, 6.45) is 9.91. The van der Waals surface area contributed by atoms with E-state index in [0.717, 1.165) is 18.7 Å². The average Bonchev–Trinajstić information content (AvgIpc) is 2.97. The minimum atomic E-state index is -0.880. The third kappa shape index (κ3) is 4.10. The van der Waals surface area contributed by atoms with Crippen LogP contribution in [0.4, 0.5) is 10.2 Å². The van der Waals surface area contributed by atoms with Crippen molar-refractivity contribution in [1.82, 2.24) is 14.9 Å². The summed E-state index contributed by atoms with van der Waals surface area (Å²) in [5.41, 5.74) is 1.25. The second-order valence-corrected chi connectivity index (χ2v) is 6.77. The summed E-state index contributed by atoms with van der Waals surface area (Å²) in [5.74, 6) is 0.846. The Bertz CT molecular complexity index is 592. The Labute approximate surface area is 142 Å². The van der Waals surface area contributed by atoms with E-state index >= 15 is 0 Å². The van der Waals surface area contributed by atoms with Crippen molar-refractivity contribution in [2.75, 3.05) is 25.0 Å². The first kappa shape index (κ1) is 16.9. The van der Waals surface area contributed by atoms with Crippen molar-refractivity contribution in [2.45, 2.75) is 50.7 Å². The van der Waals surface area contributed by atoms with Gasteiger partial charge in [0.05, 0.1) is 12.6 Å². The summed E-state index contributed by atoms with van der Waals surface area (Å²) in [5, 5.41) is 0. The van der Waals surface area contributed by atoms with Crippen molar-refractivity contribution in [3.05, 3.63) is 30.2 Å². The van der Waals surface area contributed by atoms with E-state index < -0.39 is 6.17 Å². The van der Waals surface area contributed by atoms with Gasteiger partial charge in [0.25, 0.3) is 0 Å². The second-order valence-electron chi connectivity index (χ2n) is 6.77. The number of nitrogens with zero attached hydrogens (tertiary/aromatic N) is 4. The molecule has 3 rings (SSSR count). The highest BCUT2D eigenvalue weighted by Crippen LogP contribution is 2.26. The summed E-state index contributed by atoms with van der Waals surface area (Å²) in [6, 6.07) is 1.75. The predicted octanol–water partition coefficient (Wildman–Crippen LogP) is 2.74. The molecule has 1 aromatic rings. The van der Waals surface area contributed by atoms with Gasteiger partial charge in [-0.05, 0) is 31.7 Å². The van der Waals surface area contributed by atoms with Gasteiger partial charge >= 0.3 is 0 Å². The zero-order valence-corrected chi connectivity index (χ0v) is 14.2. The minimum Gasteiger partial charge on any atom is -0.349 e. The fourth-order valence-electron chi connectivity index (χ4n) is 3.58. The summed E-state index contributed by atoms with van der Waals surface area (Å²) in [7, 11) is 1.81. The Kier molecular flexibility index (Phi) is 5.43. The number of halogens is 1. The molecule has 0 N–H and O–H groups in total. The van der Waals surface area contributed by atoms with Crippen LogP contribution in [0.5, 0.6) is 0 Å². The average molecular weight is 332 g/mol. The first-order valence-electron chi connectivity index (χ1n) is 8.72. The molecule has 1 fully saturated rings. The molecule has 0 bridgehead atoms. The van der Waals surface area contributed by atoms with Crippen LogP contribution in [0.1, 0.15) is 38.5 Å². The van der Waals surface area contributed by atoms with Crippen LogP contribution in [0.2, 0.25) is 0 Å². The predicted molar refractivity (Wildman–Crippen MR) is 91.5 cm³/mol. The normalized spacial score (nSPS) is 23.9. The van der Waals surface area contributed by atoms with E-state index in [1.807, 2.05) is 11.9 Å². The van der Waals surface area contributed by atoms with Crippen LogP contribution in [-0.4, -0.2) is 53.1 Å². The monoisotopic (exact) mass is 332 g/mol. The third-order valence-corrected chi connectivity index (χ3v) is 4.90. The van der Waals surface area contributed by atoms with Crippen LogP contribution < -0.4 is 4.90 Å². The molecule has 2 heterocycles. The molecule has 1 aromatic heterocycles. The van der Waals surface area contributed by atoms with Gasteiger partial charge in [-0.3, -0.25) is 4.79 Å². The molecule has 1 aliphatic heterocycles. The van der Waals surface area contributed by atoms with Crippen LogP contribution in [0.15, 0.2) is 30.2 Å². The van der Waals surface area contributed by atoms with Crippen molar-refractivity contribution in [3.63, 3.8) is 0 Å². The number of rotatable bonds is 5. The lowest BCUT2D eigenvalue weighted by Gasteiger charge is -2.29. The lowest BCUT2D eigenvalue weighted by molar-refractivity contribution is -0.129. The highest BCUT2D eigenvalue weighted by atomic mass is 19.1. The zero-order valence-electron chi connectivity index (χ0n) is 14.2. The van der Waals surface area contributed by atoms with Gasteiger partial charge in [-0.1, -0.05) is 11.6 Å². The molecule has 24 heavy (non-hydrogen) atoms. The number of amides is 1. The van der Waals surface area contributed by atoms with Crippen molar-refractivity contribution >= 4 is 11.7 Å². The topological polar surface area (TPSA) is 49.3 Å². The van der Waals surface area contributed by atoms with E-state index in [4.69, 9.17) is 0 Å². The molecule has 0 unspecified atom stereocenters. The third-order valence-electron chi connectivity index (χ3n) is 4.90. The number of aromatic nitrogens is 2. The first-order valence-corrected chi connectivity index (χ1v) is 8.72. The van der Waals surface area contributed by atoms with Gasteiger partial charge < -0.3 is 9.80 Å². The first-order chi connectivity index (χ1) is 11.6. The molecule has 0 radical (unpaired) electrons. The van der Waals surface area contributed by atoms with Gasteiger partial charge in [-0.15, -0.1) is 0 Å². The quantitative estimate of drug-likeness (QED) is 0.778. The van der Waals surface area contributed by atoms with E-state index in [1.54, 1.807) is 17.2 Å². The molecule has 1 saturated heterocycles. The van der Waals surface area contributed by atoms with Crippen molar-refractivity contribution in [1.29, 1.82) is 0 Å². The fourth-order valence-corrected chi connectivity index (χ4v) is 3.58. The molecular formula is C18H25FN4O. The van der Waals surface area contributed by atoms with Crippen molar-refractivity contribution in [2.24, 2.45) is 0 Å². The van der Waals surface area contributed by atoms with Crippen LogP contribution >= 0.6 is 0 Å². The summed E-state index contributed by atoms with van der Waals surface area (Å²) in [6.45, 7) is 0.853. The van der Waals surface area contributed by atoms with Gasteiger partial charge in [0, 0.05) is 32.6 Å². The number of hydrogen-bond donors (Lipinski definition) is 0. The summed E-state index contributed by atoms with van der Waals surface area (Å²) >= 11 is 0. The Morgan fingerprint density at radius 3 is 3.04 bits per heavy atom. The minimum absolute atomic E-state index is 0.0378. The number of anilines is 1. The van der Waals surface area contributed by atoms with E-state index in [-0.39, 0.29) is 11.9 Å². The van der Waals surface area contributed by atoms with E-state index in [1.165, 1.54) is 24.7 Å². The standard InChI is InChI=1S/C18H25FN4O/c1-22(18(24)9-14-5-3-2-4-6-14)12-16-10-15(19)11-23(16)17-7-8-20-13-21-17/h5,7-8,13,15-16H,2-4,6,9-12H2,1H3/t15-,16-/m0/s1. The molecule has 5 nitrogen and oxygen atoms in total. The number of carbonyl (C=O) groups excluding carboxylic acids is 1. The highest BCUT2D eigenvalue weighted by molar-refractivity contribution is 5.78. The molecule has 0 aromatic carbocycles. The molecule has 1 aliphatic carbocycles. The number of hydrogen-bond acceptors (Lipinski definition) is 4. The molecule has 2 atom stereocenters. The Morgan fingerprint density at radius 1 is 1.46 bits per heavy atom. The number of alkyl halides is 1. The lowest BCUT2D eigenvalue weighted by Crippen LogP contribution is -2.41. The van der Waals surface area contributed by atoms with E-state index in [9.17, 15) is 9.18 Å². The Hall–Kier alpha value is -1.98. The van der Waals surface area contributed by atoms with Crippen molar-refractivity contribution in [3.8, 4) is 0 Å². The molecular weight excluding hydrogens is 307 g/mol. The van der Waals surface area contributed by atoms with Gasteiger partial charge in [-0.25, -0.2) is 14.4 Å². The van der Waals surface area contributed by atoms with Crippen LogP contribution in [0, 0.1) is 0 Å². The Morgan fingerprint density at radius 2 is 2.33 bits per heavy atom. The SMILES string of the molecule is CN(C[C@@H]1C[C@H](F)CN1c1ccncn1)C(=O)CC1=CCCCC1. The number of carbonyl (C=O) groups is 1. The smallest absolute Gasteiger partial charge is 0.226 e. The maximum Gasteiger partial charge on any atom is 0.226 e. The second kappa shape index (κ2) is 7.73. The Balaban J connectivity index is 1.60. The van der Waals surface area contributed by atoms with Crippen LogP contribution in [-0.2, 0) is 4.79 Å². The fraction of sp³-hybridized carbons (Fsp3) is 0.611. The summed E-state index contributed by atoms with van der Waals surface area (Å²) in [4.78, 5) is 24.3. The molecule has 0 saturated carbocycles. The van der Waals surface area contributed by atoms with Crippen molar-refractivity contribution < 1.29 is 9.18 Å². The molecule has 6 heteroatoms. The molecule has 130 valence electrons. The van der Waals surface area contributed by atoms with E-state index in [2.05, 4.69) is 16.0 Å². The maximum atomic E-state index is 13.9. The lowest BCUT2D eigenvalue weighted by atomic mass is 9.97. The zero-order chi connectivity index (χ0) is 16.9. The van der Waals surface area contributed by atoms with Crippen LogP contribution in [0.25, 0.3) is 0 Å². The van der Waals surface area contributed by atoms with Crippen LogP contribution in [0.3, 0.4) is 0 Å². The van der Waals surface area contributed by atoms with Gasteiger partial charge in [0.2, 0.25) is 5.91 Å². The van der Waals surface area contributed by atoms with Gasteiger partial charge in [-0.2, -0.15) is 0 Å². The molecule has 2 aliphatic rings. The number of allylic oxidation sites excluding steroid dienone is 1. The van der Waals surface area contributed by atoms with Gasteiger partial charge in [0.1, 0.15) is 18.3 Å². The largest absolute Gasteiger partial charge is 0.349 e. The molecule has 0 spiro atoms. The maximum absolute atomic E-state index is 13.9. The summed E-state index contributed by atoms with van der Waals surface area (Å²) < 4.78 is 13.9. The molecule has 1 amide bonds. The van der Waals surface area contributed by atoms with E-state index in [0.29, 0.717) is 25.9 Å². The number of likely N-dealkylation sites (N-methyl/N-ethyl adjacent to an activating group) is 1. The highest BCUT2D eigenvalue weighted by Gasteiger charge is 2.34.